The first-order chi connectivity index (χ1) is 15.0. The van der Waals surface area contributed by atoms with Gasteiger partial charge in [-0.15, -0.1) is 0 Å². The van der Waals surface area contributed by atoms with E-state index in [1.165, 1.54) is 23.4 Å². The van der Waals surface area contributed by atoms with Crippen molar-refractivity contribution < 1.29 is 19.0 Å². The van der Waals surface area contributed by atoms with Crippen molar-refractivity contribution in [2.24, 2.45) is 0 Å². The first kappa shape index (κ1) is 22.1. The lowest BCUT2D eigenvalue weighted by Gasteiger charge is -2.17. The van der Waals surface area contributed by atoms with Crippen LogP contribution in [0.1, 0.15) is 20.3 Å². The third kappa shape index (κ3) is 5.11. The van der Waals surface area contributed by atoms with Crippen LogP contribution in [0.2, 0.25) is 0 Å². The molecule has 2 aromatic rings. The number of rotatable bonds is 9. The van der Waals surface area contributed by atoms with Crippen LogP contribution in [0.15, 0.2) is 48.5 Å². The maximum Gasteiger partial charge on any atom is 0.414 e. The third-order valence-corrected chi connectivity index (χ3v) is 4.90. The standard InChI is InChI=1S/C22H26FN5O3/c1-3-9-27(14-24)20-8-5-15(11-25-20)18-7-6-16(10-19(18)23)28-13-17(31-22(28)30)12-26-21(29)4-2/h4-8,10-11,14,17,24,26,29H,3,9,12-13H2,1-2H3/b21-4-,24-14?. The van der Waals surface area contributed by atoms with Crippen LogP contribution >= 0.6 is 0 Å². The van der Waals surface area contributed by atoms with Gasteiger partial charge in [-0.3, -0.25) is 10.3 Å². The van der Waals surface area contributed by atoms with Crippen molar-refractivity contribution >= 4 is 23.9 Å². The number of cyclic esters (lactones) is 1. The number of amides is 1. The second kappa shape index (κ2) is 9.92. The van der Waals surface area contributed by atoms with Gasteiger partial charge in [0.05, 0.1) is 25.1 Å². The van der Waals surface area contributed by atoms with Crippen molar-refractivity contribution in [3.8, 4) is 11.1 Å². The Balaban J connectivity index is 1.73. The normalized spacial score (nSPS) is 16.2. The van der Waals surface area contributed by atoms with E-state index in [2.05, 4.69) is 10.3 Å². The third-order valence-electron chi connectivity index (χ3n) is 4.90. The molecule has 1 aliphatic rings. The number of hydrogen-bond acceptors (Lipinski definition) is 6. The predicted molar refractivity (Wildman–Crippen MR) is 118 cm³/mol. The minimum Gasteiger partial charge on any atom is -0.495 e. The summed E-state index contributed by atoms with van der Waals surface area (Å²) >= 11 is 0. The highest BCUT2D eigenvalue weighted by Crippen LogP contribution is 2.29. The van der Waals surface area contributed by atoms with E-state index < -0.39 is 18.0 Å². The van der Waals surface area contributed by atoms with Gasteiger partial charge in [-0.05, 0) is 49.8 Å². The molecule has 0 aliphatic carbocycles. The fourth-order valence-electron chi connectivity index (χ4n) is 3.27. The number of carbonyl (C=O) groups excluding carboxylic acids is 1. The summed E-state index contributed by atoms with van der Waals surface area (Å²) in [6.45, 7) is 4.87. The highest BCUT2D eigenvalue weighted by atomic mass is 19.1. The first-order valence-corrected chi connectivity index (χ1v) is 10.1. The highest BCUT2D eigenvalue weighted by Gasteiger charge is 2.32. The van der Waals surface area contributed by atoms with Gasteiger partial charge in [0.2, 0.25) is 0 Å². The number of hydrogen-bond donors (Lipinski definition) is 3. The topological polar surface area (TPSA) is 102 Å². The number of benzene rings is 1. The summed E-state index contributed by atoms with van der Waals surface area (Å²) in [6.07, 6.45) is 4.14. The Bertz CT molecular complexity index is 964. The Labute approximate surface area is 180 Å². The number of carbonyl (C=O) groups is 1. The Kier molecular flexibility index (Phi) is 7.07. The lowest BCUT2D eigenvalue weighted by Crippen LogP contribution is -2.30. The predicted octanol–water partition coefficient (Wildman–Crippen LogP) is 4.05. The van der Waals surface area contributed by atoms with E-state index in [1.807, 2.05) is 6.92 Å². The summed E-state index contributed by atoms with van der Waals surface area (Å²) in [4.78, 5) is 19.6. The molecule has 0 bridgehead atoms. The SMILES string of the molecule is C/C=C(\O)NCC1CN(c2ccc(-c3ccc(N(C=N)CCC)nc3)c(F)c2)C(=O)O1. The number of nitrogens with one attached hydrogen (secondary N) is 2. The lowest BCUT2D eigenvalue weighted by atomic mass is 10.1. The molecule has 1 aromatic carbocycles. The molecule has 0 spiro atoms. The first-order valence-electron chi connectivity index (χ1n) is 10.1. The Morgan fingerprint density at radius 3 is 2.87 bits per heavy atom. The molecule has 2 heterocycles. The summed E-state index contributed by atoms with van der Waals surface area (Å²) in [5.74, 6) is 0.148. The number of aliphatic hydroxyl groups excluding tert-OH is 1. The van der Waals surface area contributed by atoms with Crippen LogP contribution in [0.25, 0.3) is 11.1 Å². The summed E-state index contributed by atoms with van der Waals surface area (Å²) in [7, 11) is 0. The molecule has 0 saturated carbocycles. The van der Waals surface area contributed by atoms with Crippen LogP contribution in [0, 0.1) is 11.2 Å². The number of pyridine rings is 1. The molecule has 1 amide bonds. The van der Waals surface area contributed by atoms with Gasteiger partial charge < -0.3 is 20.1 Å². The maximum atomic E-state index is 14.9. The summed E-state index contributed by atoms with van der Waals surface area (Å²) in [5, 5.41) is 19.7. The molecule has 164 valence electrons. The van der Waals surface area contributed by atoms with Gasteiger partial charge in [0.25, 0.3) is 0 Å². The molecule has 1 aliphatic heterocycles. The molecule has 8 nitrogen and oxygen atoms in total. The van der Waals surface area contributed by atoms with Crippen molar-refractivity contribution in [2.45, 2.75) is 26.4 Å². The van der Waals surface area contributed by atoms with Gasteiger partial charge in [-0.1, -0.05) is 6.92 Å². The average molecular weight is 427 g/mol. The van der Waals surface area contributed by atoms with Gasteiger partial charge in [0.15, 0.2) is 5.88 Å². The molecule has 31 heavy (non-hydrogen) atoms. The van der Waals surface area contributed by atoms with E-state index >= 15 is 0 Å². The molecule has 0 radical (unpaired) electrons. The van der Waals surface area contributed by atoms with Crippen LogP contribution in [-0.2, 0) is 4.74 Å². The Morgan fingerprint density at radius 1 is 1.45 bits per heavy atom. The molecule has 1 unspecified atom stereocenters. The quantitative estimate of drug-likeness (QED) is 0.317. The zero-order valence-corrected chi connectivity index (χ0v) is 17.5. The highest BCUT2D eigenvalue weighted by molar-refractivity contribution is 5.90. The average Bonchev–Trinajstić information content (AvgIpc) is 3.16. The second-order valence-electron chi connectivity index (χ2n) is 7.06. The molecule has 3 rings (SSSR count). The summed E-state index contributed by atoms with van der Waals surface area (Å²) in [6, 6.07) is 8.07. The van der Waals surface area contributed by atoms with Gasteiger partial charge in [0.1, 0.15) is 17.7 Å². The fraction of sp³-hybridized carbons (Fsp3) is 0.318. The van der Waals surface area contributed by atoms with Crippen LogP contribution in [0.4, 0.5) is 20.7 Å². The monoisotopic (exact) mass is 427 g/mol. The molecule has 3 N–H and O–H groups in total. The fourth-order valence-corrected chi connectivity index (χ4v) is 3.27. The van der Waals surface area contributed by atoms with Gasteiger partial charge in [0, 0.05) is 23.9 Å². The molecule has 9 heteroatoms. The molecule has 1 aromatic heterocycles. The van der Waals surface area contributed by atoms with Crippen molar-refractivity contribution in [2.75, 3.05) is 29.4 Å². The molecule has 1 atom stereocenters. The summed E-state index contributed by atoms with van der Waals surface area (Å²) in [5.41, 5.74) is 1.36. The van der Waals surface area contributed by atoms with E-state index in [-0.39, 0.29) is 19.0 Å². The van der Waals surface area contributed by atoms with E-state index in [9.17, 15) is 14.3 Å². The van der Waals surface area contributed by atoms with Crippen molar-refractivity contribution in [3.05, 3.63) is 54.3 Å². The van der Waals surface area contributed by atoms with E-state index in [1.54, 1.807) is 42.3 Å². The zero-order valence-electron chi connectivity index (χ0n) is 17.5. The van der Waals surface area contributed by atoms with Crippen LogP contribution in [0.5, 0.6) is 0 Å². The van der Waals surface area contributed by atoms with Crippen LogP contribution in [0.3, 0.4) is 0 Å². The van der Waals surface area contributed by atoms with Crippen molar-refractivity contribution in [1.82, 2.24) is 10.3 Å². The van der Waals surface area contributed by atoms with Gasteiger partial charge >= 0.3 is 6.09 Å². The van der Waals surface area contributed by atoms with Gasteiger partial charge in [-0.2, -0.15) is 0 Å². The van der Waals surface area contributed by atoms with Crippen molar-refractivity contribution in [1.29, 1.82) is 5.41 Å². The number of aromatic nitrogens is 1. The van der Waals surface area contributed by atoms with Crippen LogP contribution < -0.4 is 15.1 Å². The van der Waals surface area contributed by atoms with Crippen molar-refractivity contribution in [3.63, 3.8) is 0 Å². The van der Waals surface area contributed by atoms with Crippen LogP contribution in [-0.4, -0.2) is 48.3 Å². The largest absolute Gasteiger partial charge is 0.495 e. The van der Waals surface area contributed by atoms with E-state index in [0.29, 0.717) is 29.2 Å². The Hall–Kier alpha value is -3.62. The number of allylic oxidation sites excluding steroid dienone is 1. The summed E-state index contributed by atoms with van der Waals surface area (Å²) < 4.78 is 20.1. The maximum absolute atomic E-state index is 14.9. The number of nitrogens with zero attached hydrogens (tertiary/aromatic N) is 3. The number of aliphatic hydroxyl groups is 1. The molecular weight excluding hydrogens is 401 g/mol. The number of ether oxygens (including phenoxy) is 1. The molecular formula is C22H26FN5O3. The molecule has 1 saturated heterocycles. The number of halogens is 1. The number of anilines is 2. The van der Waals surface area contributed by atoms with E-state index in [0.717, 1.165) is 6.42 Å². The van der Waals surface area contributed by atoms with E-state index in [4.69, 9.17) is 10.1 Å². The zero-order chi connectivity index (χ0) is 22.4. The smallest absolute Gasteiger partial charge is 0.414 e. The Morgan fingerprint density at radius 2 is 2.26 bits per heavy atom. The lowest BCUT2D eigenvalue weighted by molar-refractivity contribution is 0.139. The minimum atomic E-state index is -0.562. The minimum absolute atomic E-state index is 0.00274. The second-order valence-corrected chi connectivity index (χ2v) is 7.06. The van der Waals surface area contributed by atoms with Gasteiger partial charge in [-0.25, -0.2) is 14.2 Å². The molecule has 1 fully saturated rings.